The number of nitrogens with one attached hydrogen (secondary N) is 3. The van der Waals surface area contributed by atoms with Crippen molar-refractivity contribution in [1.29, 1.82) is 0 Å². The number of rotatable bonds is 11. The summed E-state index contributed by atoms with van der Waals surface area (Å²) >= 11 is 14.2. The number of carbonyl (C=O) groups excluding carboxylic acids is 1. The first-order valence-corrected chi connectivity index (χ1v) is 17.4. The van der Waals surface area contributed by atoms with E-state index in [1.165, 1.54) is 0 Å². The van der Waals surface area contributed by atoms with Crippen molar-refractivity contribution >= 4 is 34.6 Å². The van der Waals surface area contributed by atoms with Crippen LogP contribution in [0.15, 0.2) is 65.6 Å². The van der Waals surface area contributed by atoms with Crippen LogP contribution >= 0.6 is 23.2 Å². The first-order valence-electron chi connectivity index (χ1n) is 16.7. The summed E-state index contributed by atoms with van der Waals surface area (Å²) < 4.78 is 8.80. The van der Waals surface area contributed by atoms with Crippen LogP contribution in [0.25, 0.3) is 39.0 Å². The molecule has 1 atom stereocenters. The quantitative estimate of drug-likeness (QED) is 0.148. The van der Waals surface area contributed by atoms with Gasteiger partial charge in [-0.1, -0.05) is 65.7 Å². The molecule has 0 unspecified atom stereocenters. The fourth-order valence-corrected chi connectivity index (χ4v) is 7.56. The number of amides is 1. The van der Waals surface area contributed by atoms with Crippen LogP contribution in [-0.2, 0) is 24.9 Å². The molecule has 2 aliphatic rings. The highest BCUT2D eigenvalue weighted by molar-refractivity contribution is 6.39. The highest BCUT2D eigenvalue weighted by Crippen LogP contribution is 2.42. The van der Waals surface area contributed by atoms with E-state index in [-0.39, 0.29) is 23.6 Å². The molecule has 1 amide bonds. The van der Waals surface area contributed by atoms with Gasteiger partial charge in [0.1, 0.15) is 11.3 Å². The van der Waals surface area contributed by atoms with Crippen molar-refractivity contribution in [1.82, 2.24) is 35.1 Å². The summed E-state index contributed by atoms with van der Waals surface area (Å²) in [6.07, 6.45) is 4.53. The molecule has 3 aromatic heterocycles. The third kappa shape index (κ3) is 6.76. The van der Waals surface area contributed by atoms with Gasteiger partial charge >= 0.3 is 0 Å². The maximum Gasteiger partial charge on any atom is 0.277 e. The monoisotopic (exact) mass is 715 g/mol. The van der Waals surface area contributed by atoms with Crippen LogP contribution in [0.5, 0.6) is 5.88 Å². The fraction of sp³-hybridized carbons (Fsp3) is 0.351. The topological polar surface area (TPSA) is 135 Å². The molecule has 13 heteroatoms. The highest BCUT2D eigenvalue weighted by atomic mass is 35.5. The lowest BCUT2D eigenvalue weighted by Crippen LogP contribution is -2.51. The van der Waals surface area contributed by atoms with Crippen molar-refractivity contribution in [2.45, 2.75) is 63.4 Å². The number of hydrogen-bond donors (Lipinski definition) is 4. The zero-order chi connectivity index (χ0) is 35.2. The summed E-state index contributed by atoms with van der Waals surface area (Å²) in [5, 5.41) is 25.5. The summed E-state index contributed by atoms with van der Waals surface area (Å²) in [6, 6.07) is 17.5. The van der Waals surface area contributed by atoms with E-state index in [0.717, 1.165) is 39.8 Å². The van der Waals surface area contributed by atoms with E-state index in [1.54, 1.807) is 29.3 Å². The minimum Gasteiger partial charge on any atom is -0.481 e. The smallest absolute Gasteiger partial charge is 0.277 e. The molecule has 0 radical (unpaired) electrons. The number of carbonyl (C=O) groups is 1. The third-order valence-corrected chi connectivity index (χ3v) is 10.5. The molecule has 50 heavy (non-hydrogen) atoms. The lowest BCUT2D eigenvalue weighted by atomic mass is 9.77. The Morgan fingerprint density at radius 1 is 1.02 bits per heavy atom. The van der Waals surface area contributed by atoms with Crippen LogP contribution in [0.4, 0.5) is 0 Å². The van der Waals surface area contributed by atoms with Gasteiger partial charge in [-0.25, -0.2) is 9.50 Å². The van der Waals surface area contributed by atoms with Gasteiger partial charge in [0.05, 0.1) is 35.0 Å². The zero-order valence-electron chi connectivity index (χ0n) is 28.1. The number of methoxy groups -OCH3 is 1. The Bertz CT molecular complexity index is 2150. The molecule has 5 aromatic rings. The molecule has 1 aliphatic heterocycles. The molecule has 0 spiro atoms. The second-order valence-electron chi connectivity index (χ2n) is 13.5. The number of pyridine rings is 1. The van der Waals surface area contributed by atoms with Crippen LogP contribution < -0.4 is 26.2 Å². The number of nitrogens with zero attached hydrogens (tertiary/aromatic N) is 4. The normalized spacial score (nSPS) is 20.2. The number of hydrogen-bond acceptors (Lipinski definition) is 8. The van der Waals surface area contributed by atoms with Gasteiger partial charge in [-0.05, 0) is 38.3 Å². The van der Waals surface area contributed by atoms with Gasteiger partial charge in [-0.3, -0.25) is 14.2 Å². The van der Waals surface area contributed by atoms with E-state index in [0.29, 0.717) is 71.9 Å². The SMILES string of the molecule is COc1nc(-c2cccc(-c3cccc(-c4cc5c(=O)n(C)c(CNC6CC(C)(O)C6)nn5c4)c3Cl)c2Cl)ccc1CNC[C@@H]1CCC(=O)N1. The number of halogens is 2. The minimum atomic E-state index is -0.638. The molecule has 2 fully saturated rings. The molecule has 260 valence electrons. The van der Waals surface area contributed by atoms with Crippen molar-refractivity contribution in [3.63, 3.8) is 0 Å². The standard InChI is InChI=1S/C37H39Cl2N7O4/c1-37(49)15-24(16-37)41-19-31-44-46-20-22(14-30(46)36(48)45(31)2)25-6-4-7-26(33(25)38)27-8-5-9-28(34(27)39)29-12-10-21(35(43-29)50-3)17-40-18-23-11-13-32(47)42-23/h4-10,12,14,20,23-24,40-41,49H,11,13,15-19H2,1-3H3,(H,42,47)/t23-,24?,37?/m0/s1. The molecule has 0 bridgehead atoms. The molecule has 1 aliphatic carbocycles. The van der Waals surface area contributed by atoms with Gasteiger partial charge < -0.3 is 25.8 Å². The molecule has 2 aromatic carbocycles. The highest BCUT2D eigenvalue weighted by Gasteiger charge is 2.38. The summed E-state index contributed by atoms with van der Waals surface area (Å²) in [5.41, 5.74) is 4.87. The summed E-state index contributed by atoms with van der Waals surface area (Å²) in [5.74, 6) is 1.17. The molecular formula is C37H39Cl2N7O4. The number of aromatic nitrogens is 4. The molecule has 1 saturated carbocycles. The Hall–Kier alpha value is -4.26. The fourth-order valence-electron chi connectivity index (χ4n) is 6.90. The second kappa shape index (κ2) is 13.8. The first kappa shape index (κ1) is 34.2. The van der Waals surface area contributed by atoms with Crippen LogP contribution in [0.1, 0.15) is 44.0 Å². The summed E-state index contributed by atoms with van der Waals surface area (Å²) in [4.78, 5) is 29.7. The van der Waals surface area contributed by atoms with Crippen LogP contribution in [0.3, 0.4) is 0 Å². The molecule has 11 nitrogen and oxygen atoms in total. The maximum atomic E-state index is 13.4. The van der Waals surface area contributed by atoms with Gasteiger partial charge in [0.2, 0.25) is 11.8 Å². The van der Waals surface area contributed by atoms with Crippen LogP contribution in [-0.4, -0.2) is 61.5 Å². The average Bonchev–Trinajstić information content (AvgIpc) is 3.71. The van der Waals surface area contributed by atoms with Crippen molar-refractivity contribution in [2.24, 2.45) is 7.05 Å². The molecule has 4 heterocycles. The van der Waals surface area contributed by atoms with Crippen molar-refractivity contribution in [3.8, 4) is 39.4 Å². The van der Waals surface area contributed by atoms with E-state index in [9.17, 15) is 14.7 Å². The minimum absolute atomic E-state index is 0.0925. The van der Waals surface area contributed by atoms with E-state index >= 15 is 0 Å². The number of aliphatic hydroxyl groups is 1. The van der Waals surface area contributed by atoms with Gasteiger partial charge in [-0.2, -0.15) is 5.10 Å². The van der Waals surface area contributed by atoms with E-state index in [1.807, 2.05) is 61.7 Å². The first-order chi connectivity index (χ1) is 24.0. The largest absolute Gasteiger partial charge is 0.481 e. The van der Waals surface area contributed by atoms with Crippen LogP contribution in [0.2, 0.25) is 10.0 Å². The molecule has 4 N–H and O–H groups in total. The lowest BCUT2D eigenvalue weighted by molar-refractivity contribution is -0.119. The predicted molar refractivity (Wildman–Crippen MR) is 194 cm³/mol. The maximum absolute atomic E-state index is 13.4. The van der Waals surface area contributed by atoms with E-state index in [4.69, 9.17) is 38.0 Å². The number of benzene rings is 2. The Labute approximate surface area is 299 Å². The predicted octanol–water partition coefficient (Wildman–Crippen LogP) is 5.12. The molecule has 7 rings (SSSR count). The van der Waals surface area contributed by atoms with Crippen molar-refractivity contribution in [2.75, 3.05) is 13.7 Å². The van der Waals surface area contributed by atoms with Gasteiger partial charge in [0.15, 0.2) is 0 Å². The Kier molecular flexibility index (Phi) is 9.44. The van der Waals surface area contributed by atoms with Crippen molar-refractivity contribution < 1.29 is 14.6 Å². The summed E-state index contributed by atoms with van der Waals surface area (Å²) in [7, 11) is 3.30. The van der Waals surface area contributed by atoms with Gasteiger partial charge in [0, 0.05) is 78.2 Å². The lowest BCUT2D eigenvalue weighted by Gasteiger charge is -2.41. The van der Waals surface area contributed by atoms with E-state index < -0.39 is 5.60 Å². The van der Waals surface area contributed by atoms with Crippen molar-refractivity contribution in [3.05, 3.63) is 92.6 Å². The third-order valence-electron chi connectivity index (χ3n) is 9.65. The summed E-state index contributed by atoms with van der Waals surface area (Å²) in [6.45, 7) is 3.44. The molecular weight excluding hydrogens is 677 g/mol. The number of fused-ring (bicyclic) bond motifs is 1. The average molecular weight is 717 g/mol. The van der Waals surface area contributed by atoms with Gasteiger partial charge in [0.25, 0.3) is 5.56 Å². The molecule has 1 saturated heterocycles. The Morgan fingerprint density at radius 2 is 1.72 bits per heavy atom. The zero-order valence-corrected chi connectivity index (χ0v) is 29.6. The van der Waals surface area contributed by atoms with Gasteiger partial charge in [-0.15, -0.1) is 0 Å². The second-order valence-corrected chi connectivity index (χ2v) is 14.2. The Morgan fingerprint density at radius 3 is 2.40 bits per heavy atom. The number of ether oxygens (including phenoxy) is 1. The van der Waals surface area contributed by atoms with E-state index in [2.05, 4.69) is 16.0 Å². The van der Waals surface area contributed by atoms with Crippen LogP contribution in [0, 0.1) is 0 Å². The Balaban J connectivity index is 1.14.